The van der Waals surface area contributed by atoms with Crippen molar-refractivity contribution in [3.8, 4) is 0 Å². The number of hydrogen-bond acceptors (Lipinski definition) is 2. The standard InChI is InChI=1S/C25H44O3/c1-2-21-12-14-22(15-13-21)23-16-18-24(19-17-23)28-20-10-8-6-4-3-5-7-9-11-25(26)27/h2,21-24H,1,3-20H2,(H,26,27). The van der Waals surface area contributed by atoms with Gasteiger partial charge in [-0.15, -0.1) is 6.58 Å². The SMILES string of the molecule is C=CC1CCC(C2CCC(OCCCCCCCCCCC(=O)O)CC2)CC1. The molecule has 0 unspecified atom stereocenters. The van der Waals surface area contributed by atoms with Crippen LogP contribution in [0.15, 0.2) is 12.7 Å². The quantitative estimate of drug-likeness (QED) is 0.252. The Morgan fingerprint density at radius 1 is 0.786 bits per heavy atom. The summed E-state index contributed by atoms with van der Waals surface area (Å²) in [5.74, 6) is 2.05. The summed E-state index contributed by atoms with van der Waals surface area (Å²) in [7, 11) is 0. The molecule has 0 saturated heterocycles. The van der Waals surface area contributed by atoms with Crippen LogP contribution in [0.5, 0.6) is 0 Å². The van der Waals surface area contributed by atoms with Crippen LogP contribution in [0.25, 0.3) is 0 Å². The van der Waals surface area contributed by atoms with Crippen molar-refractivity contribution < 1.29 is 14.6 Å². The van der Waals surface area contributed by atoms with Crippen LogP contribution in [0.1, 0.15) is 109 Å². The summed E-state index contributed by atoms with van der Waals surface area (Å²) in [6.45, 7) is 4.91. The zero-order valence-corrected chi connectivity index (χ0v) is 18.1. The van der Waals surface area contributed by atoms with Crippen molar-refractivity contribution in [2.75, 3.05) is 6.61 Å². The van der Waals surface area contributed by atoms with E-state index in [2.05, 4.69) is 12.7 Å². The number of carboxylic acids is 1. The van der Waals surface area contributed by atoms with E-state index in [1.165, 1.54) is 89.9 Å². The van der Waals surface area contributed by atoms with Crippen LogP contribution < -0.4 is 0 Å². The van der Waals surface area contributed by atoms with Crippen molar-refractivity contribution in [2.45, 2.75) is 115 Å². The molecule has 1 N–H and O–H groups in total. The van der Waals surface area contributed by atoms with Crippen LogP contribution in [0.3, 0.4) is 0 Å². The molecule has 0 aromatic heterocycles. The zero-order valence-electron chi connectivity index (χ0n) is 18.1. The third kappa shape index (κ3) is 9.58. The minimum atomic E-state index is -0.663. The van der Waals surface area contributed by atoms with E-state index < -0.39 is 5.97 Å². The highest BCUT2D eigenvalue weighted by molar-refractivity contribution is 5.66. The van der Waals surface area contributed by atoms with Gasteiger partial charge in [0.1, 0.15) is 0 Å². The van der Waals surface area contributed by atoms with E-state index in [1.54, 1.807) is 0 Å². The summed E-state index contributed by atoms with van der Waals surface area (Å²) in [6, 6.07) is 0. The lowest BCUT2D eigenvalue weighted by Crippen LogP contribution is -2.28. The van der Waals surface area contributed by atoms with E-state index in [1.807, 2.05) is 0 Å². The second-order valence-corrected chi connectivity index (χ2v) is 9.29. The number of carbonyl (C=O) groups is 1. The molecule has 2 aliphatic carbocycles. The average Bonchev–Trinajstić information content (AvgIpc) is 2.72. The van der Waals surface area contributed by atoms with E-state index in [9.17, 15) is 4.79 Å². The average molecular weight is 393 g/mol. The molecule has 162 valence electrons. The molecule has 0 aromatic carbocycles. The van der Waals surface area contributed by atoms with Crippen molar-refractivity contribution in [3.05, 3.63) is 12.7 Å². The molecule has 3 heteroatoms. The van der Waals surface area contributed by atoms with E-state index in [-0.39, 0.29) is 0 Å². The van der Waals surface area contributed by atoms with Crippen LogP contribution in [-0.2, 0) is 9.53 Å². The highest BCUT2D eigenvalue weighted by atomic mass is 16.5. The van der Waals surface area contributed by atoms with Gasteiger partial charge in [0.2, 0.25) is 0 Å². The van der Waals surface area contributed by atoms with Gasteiger partial charge >= 0.3 is 5.97 Å². The molecule has 2 saturated carbocycles. The monoisotopic (exact) mass is 392 g/mol. The Morgan fingerprint density at radius 2 is 1.29 bits per heavy atom. The Balaban J connectivity index is 1.38. The van der Waals surface area contributed by atoms with Crippen molar-refractivity contribution in [1.29, 1.82) is 0 Å². The first-order chi connectivity index (χ1) is 13.7. The topological polar surface area (TPSA) is 46.5 Å². The first-order valence-electron chi connectivity index (χ1n) is 12.1. The molecular weight excluding hydrogens is 348 g/mol. The third-order valence-corrected chi connectivity index (χ3v) is 7.17. The highest BCUT2D eigenvalue weighted by Crippen LogP contribution is 2.40. The fourth-order valence-electron chi connectivity index (χ4n) is 5.27. The predicted octanol–water partition coefficient (Wildman–Crippen LogP) is 7.15. The van der Waals surface area contributed by atoms with E-state index >= 15 is 0 Å². The van der Waals surface area contributed by atoms with Gasteiger partial charge in [-0.1, -0.05) is 44.6 Å². The van der Waals surface area contributed by atoms with Crippen LogP contribution in [-0.4, -0.2) is 23.8 Å². The maximum atomic E-state index is 10.4. The summed E-state index contributed by atoms with van der Waals surface area (Å²) in [5, 5.41) is 8.61. The van der Waals surface area contributed by atoms with Crippen molar-refractivity contribution in [2.24, 2.45) is 17.8 Å². The lowest BCUT2D eigenvalue weighted by molar-refractivity contribution is -0.137. The number of allylic oxidation sites excluding steroid dienone is 1. The molecule has 0 aromatic rings. The molecule has 0 heterocycles. The number of carboxylic acid groups (broad SMARTS) is 1. The highest BCUT2D eigenvalue weighted by Gasteiger charge is 2.30. The van der Waals surface area contributed by atoms with Gasteiger partial charge < -0.3 is 9.84 Å². The Hall–Kier alpha value is -0.830. The number of ether oxygens (including phenoxy) is 1. The molecule has 0 bridgehead atoms. The summed E-state index contributed by atoms with van der Waals surface area (Å²) in [4.78, 5) is 10.4. The van der Waals surface area contributed by atoms with Crippen LogP contribution >= 0.6 is 0 Å². The van der Waals surface area contributed by atoms with E-state index in [0.717, 1.165) is 37.2 Å². The summed E-state index contributed by atoms with van der Waals surface area (Å²) in [5.41, 5.74) is 0. The molecule has 0 aliphatic heterocycles. The first-order valence-corrected chi connectivity index (χ1v) is 12.1. The van der Waals surface area contributed by atoms with E-state index in [4.69, 9.17) is 9.84 Å². The second kappa shape index (κ2) is 14.2. The summed E-state index contributed by atoms with van der Waals surface area (Å²) < 4.78 is 6.17. The number of aliphatic carboxylic acids is 1. The fourth-order valence-corrected chi connectivity index (χ4v) is 5.27. The van der Waals surface area contributed by atoms with Gasteiger partial charge in [0, 0.05) is 13.0 Å². The smallest absolute Gasteiger partial charge is 0.303 e. The number of rotatable bonds is 14. The second-order valence-electron chi connectivity index (χ2n) is 9.29. The lowest BCUT2D eigenvalue weighted by Gasteiger charge is -2.37. The van der Waals surface area contributed by atoms with Crippen LogP contribution in [0.2, 0.25) is 0 Å². The largest absolute Gasteiger partial charge is 0.481 e. The lowest BCUT2D eigenvalue weighted by atomic mass is 9.70. The van der Waals surface area contributed by atoms with Gasteiger partial charge in [-0.3, -0.25) is 4.79 Å². The molecule has 0 atom stereocenters. The maximum Gasteiger partial charge on any atom is 0.303 e. The summed E-state index contributed by atoms with van der Waals surface area (Å²) >= 11 is 0. The molecule has 28 heavy (non-hydrogen) atoms. The molecule has 2 rings (SSSR count). The van der Waals surface area contributed by atoms with Gasteiger partial charge in [-0.25, -0.2) is 0 Å². The number of unbranched alkanes of at least 4 members (excludes halogenated alkanes) is 7. The maximum absolute atomic E-state index is 10.4. The summed E-state index contributed by atoms with van der Waals surface area (Å²) in [6.07, 6.45) is 23.3. The fraction of sp³-hybridized carbons (Fsp3) is 0.880. The van der Waals surface area contributed by atoms with Gasteiger partial charge in [-0.2, -0.15) is 0 Å². The zero-order chi connectivity index (χ0) is 20.0. The Kier molecular flexibility index (Phi) is 11.9. The van der Waals surface area contributed by atoms with Gasteiger partial charge in [-0.05, 0) is 82.0 Å². The Bertz CT molecular complexity index is 418. The van der Waals surface area contributed by atoms with Gasteiger partial charge in [0.25, 0.3) is 0 Å². The molecule has 3 nitrogen and oxygen atoms in total. The molecule has 2 fully saturated rings. The minimum Gasteiger partial charge on any atom is -0.481 e. The number of hydrogen-bond donors (Lipinski definition) is 1. The first kappa shape index (κ1) is 23.4. The molecule has 2 aliphatic rings. The Labute approximate surface area is 173 Å². The molecule has 0 spiro atoms. The van der Waals surface area contributed by atoms with Crippen molar-refractivity contribution in [1.82, 2.24) is 0 Å². The normalized spacial score (nSPS) is 28.1. The van der Waals surface area contributed by atoms with Gasteiger partial charge in [0.05, 0.1) is 6.10 Å². The Morgan fingerprint density at radius 3 is 1.82 bits per heavy atom. The predicted molar refractivity (Wildman–Crippen MR) is 117 cm³/mol. The van der Waals surface area contributed by atoms with Crippen LogP contribution in [0, 0.1) is 17.8 Å². The van der Waals surface area contributed by atoms with Crippen molar-refractivity contribution in [3.63, 3.8) is 0 Å². The van der Waals surface area contributed by atoms with E-state index in [0.29, 0.717) is 12.5 Å². The molecular formula is C25H44O3. The van der Waals surface area contributed by atoms with Crippen LogP contribution in [0.4, 0.5) is 0 Å². The third-order valence-electron chi connectivity index (χ3n) is 7.17. The van der Waals surface area contributed by atoms with Gasteiger partial charge in [0.15, 0.2) is 0 Å². The minimum absolute atomic E-state index is 0.329. The molecule has 0 amide bonds. The van der Waals surface area contributed by atoms with Crippen molar-refractivity contribution >= 4 is 5.97 Å². The molecule has 0 radical (unpaired) electrons.